The van der Waals surface area contributed by atoms with Gasteiger partial charge in [-0.15, -0.1) is 0 Å². The van der Waals surface area contributed by atoms with E-state index in [9.17, 15) is 17.6 Å². The van der Waals surface area contributed by atoms with Crippen LogP contribution in [0.5, 0.6) is 0 Å². The first-order chi connectivity index (χ1) is 13.7. The third-order valence-electron chi connectivity index (χ3n) is 5.06. The third-order valence-corrected chi connectivity index (χ3v) is 5.06. The van der Waals surface area contributed by atoms with E-state index >= 15 is 0 Å². The van der Waals surface area contributed by atoms with Crippen LogP contribution >= 0.6 is 0 Å². The average molecular weight is 407 g/mol. The van der Waals surface area contributed by atoms with Crippen molar-refractivity contribution in [2.75, 3.05) is 37.4 Å². The Kier molecular flexibility index (Phi) is 5.94. The maximum absolute atomic E-state index is 14.6. The van der Waals surface area contributed by atoms with Crippen LogP contribution in [0.25, 0.3) is 0 Å². The second kappa shape index (κ2) is 8.25. The molecule has 1 fully saturated rings. The van der Waals surface area contributed by atoms with Crippen LogP contribution in [0.15, 0.2) is 30.3 Å². The van der Waals surface area contributed by atoms with Gasteiger partial charge in [0.05, 0.1) is 11.3 Å². The average Bonchev–Trinajstić information content (AvgIpc) is 2.67. The van der Waals surface area contributed by atoms with Gasteiger partial charge in [0, 0.05) is 24.8 Å². The lowest BCUT2D eigenvalue weighted by molar-refractivity contribution is -0.138. The van der Waals surface area contributed by atoms with E-state index < -0.39 is 23.3 Å². The molecule has 0 saturated carbocycles. The summed E-state index contributed by atoms with van der Waals surface area (Å²) >= 11 is 0. The quantitative estimate of drug-likeness (QED) is 0.762. The largest absolute Gasteiger partial charge is 0.419 e. The number of hydrogen-bond donors (Lipinski definition) is 1. The van der Waals surface area contributed by atoms with Crippen LogP contribution in [0.3, 0.4) is 0 Å². The van der Waals surface area contributed by atoms with Crippen molar-refractivity contribution >= 4 is 17.2 Å². The number of nitriles is 1. The van der Waals surface area contributed by atoms with Gasteiger partial charge in [-0.05, 0) is 57.3 Å². The fourth-order valence-electron chi connectivity index (χ4n) is 3.45. The number of anilines is 3. The molecule has 9 heteroatoms. The SMILES string of the molecule is CN(C)C1CCN(c2ccc(Nc3ccc(C(F)(F)F)c(C#N)n3)cc2F)CC1. The molecular weight excluding hydrogens is 386 g/mol. The monoisotopic (exact) mass is 407 g/mol. The molecule has 0 unspecified atom stereocenters. The standard InChI is InChI=1S/C20H21F4N5/c1-28(2)14-7-9-29(10-8-14)18-5-3-13(11-16(18)21)26-19-6-4-15(20(22,23)24)17(12-25)27-19/h3-6,11,14H,7-10H2,1-2H3,(H,26,27). The molecule has 0 bridgehead atoms. The van der Waals surface area contributed by atoms with E-state index in [1.54, 1.807) is 12.1 Å². The molecule has 0 aliphatic carbocycles. The Balaban J connectivity index is 1.74. The molecule has 0 atom stereocenters. The molecule has 1 aliphatic heterocycles. The topological polar surface area (TPSA) is 55.2 Å². The van der Waals surface area contributed by atoms with Crippen LogP contribution < -0.4 is 10.2 Å². The van der Waals surface area contributed by atoms with Gasteiger partial charge in [-0.2, -0.15) is 18.4 Å². The highest BCUT2D eigenvalue weighted by Crippen LogP contribution is 2.32. The first-order valence-electron chi connectivity index (χ1n) is 9.15. The summed E-state index contributed by atoms with van der Waals surface area (Å²) in [5, 5.41) is 11.7. The molecule has 1 aliphatic rings. The fourth-order valence-corrected chi connectivity index (χ4v) is 3.45. The second-order valence-electron chi connectivity index (χ2n) is 7.18. The van der Waals surface area contributed by atoms with Crippen LogP contribution in [0.2, 0.25) is 0 Å². The summed E-state index contributed by atoms with van der Waals surface area (Å²) in [6.45, 7) is 1.50. The van der Waals surface area contributed by atoms with Crippen molar-refractivity contribution in [1.29, 1.82) is 5.26 Å². The molecular formula is C20H21F4N5. The van der Waals surface area contributed by atoms with Crippen LogP contribution in [-0.2, 0) is 6.18 Å². The summed E-state index contributed by atoms with van der Waals surface area (Å²) in [6, 6.07) is 8.39. The van der Waals surface area contributed by atoms with Gasteiger partial charge in [-0.25, -0.2) is 9.37 Å². The maximum atomic E-state index is 14.6. The Morgan fingerprint density at radius 3 is 2.41 bits per heavy atom. The minimum absolute atomic E-state index is 0.0356. The smallest absolute Gasteiger partial charge is 0.369 e. The number of pyridine rings is 1. The molecule has 2 aromatic rings. The Labute approximate surface area is 166 Å². The minimum atomic E-state index is -4.66. The van der Waals surface area contributed by atoms with E-state index in [2.05, 4.69) is 15.2 Å². The van der Waals surface area contributed by atoms with Crippen molar-refractivity contribution in [3.05, 3.63) is 47.4 Å². The number of nitrogens with one attached hydrogen (secondary N) is 1. The fraction of sp³-hybridized carbons (Fsp3) is 0.400. The Morgan fingerprint density at radius 1 is 1.17 bits per heavy atom. The summed E-state index contributed by atoms with van der Waals surface area (Å²) in [5.41, 5.74) is -1.01. The normalized spacial score (nSPS) is 15.4. The molecule has 2 heterocycles. The predicted molar refractivity (Wildman–Crippen MR) is 103 cm³/mol. The second-order valence-corrected chi connectivity index (χ2v) is 7.18. The van der Waals surface area contributed by atoms with Gasteiger partial charge in [0.15, 0.2) is 5.69 Å². The molecule has 0 amide bonds. The molecule has 1 saturated heterocycles. The van der Waals surface area contributed by atoms with E-state index in [0.29, 0.717) is 17.4 Å². The molecule has 3 rings (SSSR count). The van der Waals surface area contributed by atoms with E-state index in [1.807, 2.05) is 19.0 Å². The first-order valence-corrected chi connectivity index (χ1v) is 9.15. The highest BCUT2D eigenvalue weighted by Gasteiger charge is 2.34. The van der Waals surface area contributed by atoms with E-state index in [4.69, 9.17) is 5.26 Å². The number of aromatic nitrogens is 1. The van der Waals surface area contributed by atoms with Crippen LogP contribution in [0, 0.1) is 17.1 Å². The van der Waals surface area contributed by atoms with Crippen LogP contribution in [-0.4, -0.2) is 43.1 Å². The van der Waals surface area contributed by atoms with Crippen LogP contribution in [0.1, 0.15) is 24.1 Å². The lowest BCUT2D eigenvalue weighted by atomic mass is 10.0. The number of piperidine rings is 1. The zero-order valence-electron chi connectivity index (χ0n) is 16.1. The van der Waals surface area contributed by atoms with E-state index in [1.165, 1.54) is 12.1 Å². The number of alkyl halides is 3. The number of hydrogen-bond acceptors (Lipinski definition) is 5. The lowest BCUT2D eigenvalue weighted by Crippen LogP contribution is -2.42. The number of benzene rings is 1. The molecule has 1 aromatic heterocycles. The van der Waals surface area contributed by atoms with E-state index in [-0.39, 0.29) is 5.82 Å². The highest BCUT2D eigenvalue weighted by molar-refractivity contribution is 5.62. The van der Waals surface area contributed by atoms with Gasteiger partial charge in [0.2, 0.25) is 0 Å². The first kappa shape index (κ1) is 20.9. The summed E-state index contributed by atoms with van der Waals surface area (Å²) in [6.07, 6.45) is -2.78. The van der Waals surface area contributed by atoms with Crippen molar-refractivity contribution < 1.29 is 17.6 Å². The number of nitrogens with zero attached hydrogens (tertiary/aromatic N) is 4. The lowest BCUT2D eigenvalue weighted by Gasteiger charge is -2.36. The molecule has 29 heavy (non-hydrogen) atoms. The summed E-state index contributed by atoms with van der Waals surface area (Å²) in [4.78, 5) is 7.85. The minimum Gasteiger partial charge on any atom is -0.369 e. The van der Waals surface area contributed by atoms with Gasteiger partial charge in [0.25, 0.3) is 0 Å². The maximum Gasteiger partial charge on any atom is 0.419 e. The van der Waals surface area contributed by atoms with Gasteiger partial charge in [0.1, 0.15) is 17.7 Å². The van der Waals surface area contributed by atoms with Crippen molar-refractivity contribution in [3.8, 4) is 6.07 Å². The van der Waals surface area contributed by atoms with Crippen molar-refractivity contribution in [1.82, 2.24) is 9.88 Å². The van der Waals surface area contributed by atoms with Gasteiger partial charge in [-0.1, -0.05) is 0 Å². The molecule has 0 spiro atoms. The Bertz CT molecular complexity index is 912. The van der Waals surface area contributed by atoms with Crippen molar-refractivity contribution in [3.63, 3.8) is 0 Å². The zero-order chi connectivity index (χ0) is 21.2. The molecule has 5 nitrogen and oxygen atoms in total. The Morgan fingerprint density at radius 2 is 1.86 bits per heavy atom. The predicted octanol–water partition coefficient (Wildman–Crippen LogP) is 4.39. The molecule has 1 aromatic carbocycles. The van der Waals surface area contributed by atoms with E-state index in [0.717, 1.165) is 38.1 Å². The number of rotatable bonds is 4. The van der Waals surface area contributed by atoms with Crippen molar-refractivity contribution in [2.24, 2.45) is 0 Å². The van der Waals surface area contributed by atoms with Gasteiger partial charge in [-0.3, -0.25) is 0 Å². The van der Waals surface area contributed by atoms with Gasteiger partial charge >= 0.3 is 6.18 Å². The highest BCUT2D eigenvalue weighted by atomic mass is 19.4. The molecule has 1 N–H and O–H groups in total. The van der Waals surface area contributed by atoms with Gasteiger partial charge < -0.3 is 15.1 Å². The van der Waals surface area contributed by atoms with Crippen molar-refractivity contribution in [2.45, 2.75) is 25.1 Å². The molecule has 154 valence electrons. The summed E-state index contributed by atoms with van der Waals surface area (Å²) < 4.78 is 53.2. The number of halogens is 4. The summed E-state index contributed by atoms with van der Waals surface area (Å²) in [7, 11) is 4.07. The zero-order valence-corrected chi connectivity index (χ0v) is 16.1. The van der Waals surface area contributed by atoms with Crippen LogP contribution in [0.4, 0.5) is 34.8 Å². The summed E-state index contributed by atoms with van der Waals surface area (Å²) in [5.74, 6) is -0.390. The third kappa shape index (κ3) is 4.77. The Hall–Kier alpha value is -2.86. The molecule has 0 radical (unpaired) electrons.